The molecule has 0 aliphatic heterocycles. The summed E-state index contributed by atoms with van der Waals surface area (Å²) in [5, 5.41) is 2.80. The number of hydrogen-bond donors (Lipinski definition) is 1. The molecule has 0 aromatic heterocycles. The van der Waals surface area contributed by atoms with Crippen LogP contribution in [-0.2, 0) is 21.3 Å². The second-order valence-electron chi connectivity index (χ2n) is 6.03. The minimum Gasteiger partial charge on any atom is -0.322 e. The van der Waals surface area contributed by atoms with Gasteiger partial charge in [0.2, 0.25) is 0 Å². The third-order valence-electron chi connectivity index (χ3n) is 3.86. The molecule has 0 aliphatic rings. The lowest BCUT2D eigenvalue weighted by molar-refractivity contribution is 0.102. The van der Waals surface area contributed by atoms with Gasteiger partial charge in [0.1, 0.15) is 0 Å². The fourth-order valence-electron chi connectivity index (χ4n) is 2.61. The number of benzene rings is 3. The van der Waals surface area contributed by atoms with Gasteiger partial charge in [0.15, 0.2) is 9.84 Å². The van der Waals surface area contributed by atoms with Crippen LogP contribution in [0.25, 0.3) is 0 Å². The first-order valence-electron chi connectivity index (χ1n) is 8.21. The van der Waals surface area contributed by atoms with Crippen LogP contribution in [0.3, 0.4) is 0 Å². The molecule has 3 aromatic rings. The second kappa shape index (κ2) is 7.97. The van der Waals surface area contributed by atoms with Crippen molar-refractivity contribution in [3.05, 3.63) is 102 Å². The van der Waals surface area contributed by atoms with Crippen LogP contribution < -0.4 is 5.32 Å². The maximum atomic E-state index is 12.3. The Morgan fingerprint density at radius 1 is 0.692 bits per heavy atom. The number of rotatable bonds is 6. The summed E-state index contributed by atoms with van der Waals surface area (Å²) in [7, 11) is -3.25. The molecule has 0 saturated heterocycles. The molecule has 0 atom stereocenters. The molecular formula is C21H19NO3S. The average Bonchev–Trinajstić information content (AvgIpc) is 2.64. The summed E-state index contributed by atoms with van der Waals surface area (Å²) >= 11 is 0. The highest BCUT2D eigenvalue weighted by Crippen LogP contribution is 2.16. The molecule has 0 heterocycles. The highest BCUT2D eigenvalue weighted by atomic mass is 32.2. The van der Waals surface area contributed by atoms with Crippen molar-refractivity contribution in [1.29, 1.82) is 0 Å². The number of sulfone groups is 1. The predicted molar refractivity (Wildman–Crippen MR) is 104 cm³/mol. The van der Waals surface area contributed by atoms with E-state index in [-0.39, 0.29) is 17.4 Å². The zero-order valence-electron chi connectivity index (χ0n) is 14.1. The molecule has 3 aromatic carbocycles. The summed E-state index contributed by atoms with van der Waals surface area (Å²) in [6, 6.07) is 24.9. The zero-order valence-corrected chi connectivity index (χ0v) is 14.9. The first-order valence-corrected chi connectivity index (χ1v) is 10.0. The Balaban J connectivity index is 1.63. The van der Waals surface area contributed by atoms with Crippen molar-refractivity contribution in [3.8, 4) is 0 Å². The summed E-state index contributed by atoms with van der Waals surface area (Å²) in [4.78, 5) is 12.1. The van der Waals surface area contributed by atoms with Gasteiger partial charge in [0.25, 0.3) is 5.91 Å². The van der Waals surface area contributed by atoms with Gasteiger partial charge in [-0.1, -0.05) is 60.7 Å². The highest BCUT2D eigenvalue weighted by molar-refractivity contribution is 7.89. The Morgan fingerprint density at radius 2 is 1.19 bits per heavy atom. The Bertz CT molecular complexity index is 967. The van der Waals surface area contributed by atoms with E-state index in [1.54, 1.807) is 60.7 Å². The minimum atomic E-state index is -3.25. The van der Waals surface area contributed by atoms with Gasteiger partial charge < -0.3 is 5.32 Å². The first kappa shape index (κ1) is 17.9. The van der Waals surface area contributed by atoms with E-state index in [1.165, 1.54) is 0 Å². The number of carbonyl (C=O) groups is 1. The summed E-state index contributed by atoms with van der Waals surface area (Å²) in [6.45, 7) is 0. The van der Waals surface area contributed by atoms with Gasteiger partial charge in [-0.2, -0.15) is 0 Å². The summed E-state index contributed by atoms with van der Waals surface area (Å²) in [6.07, 6.45) is 0. The van der Waals surface area contributed by atoms with Crippen molar-refractivity contribution >= 4 is 21.4 Å². The van der Waals surface area contributed by atoms with E-state index in [0.717, 1.165) is 5.56 Å². The lowest BCUT2D eigenvalue weighted by atomic mass is 10.2. The van der Waals surface area contributed by atoms with E-state index in [4.69, 9.17) is 0 Å². The van der Waals surface area contributed by atoms with Gasteiger partial charge in [-0.25, -0.2) is 8.42 Å². The predicted octanol–water partition coefficient (Wildman–Crippen LogP) is 4.05. The third-order valence-corrected chi connectivity index (χ3v) is 5.41. The third kappa shape index (κ3) is 5.04. The molecule has 1 N–H and O–H groups in total. The molecule has 0 radical (unpaired) electrons. The molecule has 0 fully saturated rings. The van der Waals surface area contributed by atoms with Gasteiger partial charge in [-0.05, 0) is 35.4 Å². The highest BCUT2D eigenvalue weighted by Gasteiger charge is 2.13. The normalized spacial score (nSPS) is 11.1. The van der Waals surface area contributed by atoms with Gasteiger partial charge in [0.05, 0.1) is 11.5 Å². The van der Waals surface area contributed by atoms with Crippen LogP contribution in [0.4, 0.5) is 5.69 Å². The Kier molecular flexibility index (Phi) is 5.49. The molecule has 0 unspecified atom stereocenters. The monoisotopic (exact) mass is 365 g/mol. The minimum absolute atomic E-state index is 0.0142. The second-order valence-corrected chi connectivity index (χ2v) is 8.10. The standard InChI is InChI=1S/C21H19NO3S/c23-21(19-9-5-2-6-10-19)22-20-13-11-18(12-14-20)16-26(24,25)15-17-7-3-1-4-8-17/h1-14H,15-16H2,(H,22,23). The maximum absolute atomic E-state index is 12.3. The van der Waals surface area contributed by atoms with Gasteiger partial charge in [0, 0.05) is 11.3 Å². The van der Waals surface area contributed by atoms with Crippen LogP contribution in [0.5, 0.6) is 0 Å². The largest absolute Gasteiger partial charge is 0.322 e. The van der Waals surface area contributed by atoms with E-state index in [0.29, 0.717) is 16.8 Å². The average molecular weight is 365 g/mol. The van der Waals surface area contributed by atoms with Crippen LogP contribution in [0, 0.1) is 0 Å². The number of carbonyl (C=O) groups excluding carboxylic acids is 1. The van der Waals surface area contributed by atoms with Crippen molar-refractivity contribution in [3.63, 3.8) is 0 Å². The summed E-state index contributed by atoms with van der Waals surface area (Å²) in [5.41, 5.74) is 2.67. The van der Waals surface area contributed by atoms with Gasteiger partial charge >= 0.3 is 0 Å². The SMILES string of the molecule is O=C(Nc1ccc(CS(=O)(=O)Cc2ccccc2)cc1)c1ccccc1. The quantitative estimate of drug-likeness (QED) is 0.717. The van der Waals surface area contributed by atoms with E-state index < -0.39 is 9.84 Å². The molecule has 0 saturated carbocycles. The molecule has 26 heavy (non-hydrogen) atoms. The van der Waals surface area contributed by atoms with Crippen LogP contribution in [0.1, 0.15) is 21.5 Å². The lowest BCUT2D eigenvalue weighted by Crippen LogP contribution is -2.12. The van der Waals surface area contributed by atoms with Gasteiger partial charge in [-0.15, -0.1) is 0 Å². The molecule has 3 rings (SSSR count). The Hall–Kier alpha value is -2.92. The molecule has 0 bridgehead atoms. The van der Waals surface area contributed by atoms with E-state index in [2.05, 4.69) is 5.32 Å². The molecule has 1 amide bonds. The Morgan fingerprint density at radius 3 is 1.77 bits per heavy atom. The van der Waals surface area contributed by atoms with Crippen molar-refractivity contribution in [2.24, 2.45) is 0 Å². The number of amides is 1. The van der Waals surface area contributed by atoms with Crippen molar-refractivity contribution in [2.75, 3.05) is 5.32 Å². The van der Waals surface area contributed by atoms with Crippen molar-refractivity contribution < 1.29 is 13.2 Å². The van der Waals surface area contributed by atoms with Crippen LogP contribution in [0.2, 0.25) is 0 Å². The van der Waals surface area contributed by atoms with Gasteiger partial charge in [-0.3, -0.25) is 4.79 Å². The fraction of sp³-hybridized carbons (Fsp3) is 0.0952. The maximum Gasteiger partial charge on any atom is 0.255 e. The molecule has 132 valence electrons. The van der Waals surface area contributed by atoms with Crippen LogP contribution in [-0.4, -0.2) is 14.3 Å². The molecule has 0 spiro atoms. The van der Waals surface area contributed by atoms with Crippen molar-refractivity contribution in [2.45, 2.75) is 11.5 Å². The molecule has 4 nitrogen and oxygen atoms in total. The van der Waals surface area contributed by atoms with E-state index in [9.17, 15) is 13.2 Å². The number of hydrogen-bond acceptors (Lipinski definition) is 3. The number of anilines is 1. The summed E-state index contributed by atoms with van der Waals surface area (Å²) in [5.74, 6) is -0.218. The lowest BCUT2D eigenvalue weighted by Gasteiger charge is -2.08. The van der Waals surface area contributed by atoms with Crippen LogP contribution >= 0.6 is 0 Å². The van der Waals surface area contributed by atoms with E-state index in [1.807, 2.05) is 24.3 Å². The fourth-order valence-corrected chi connectivity index (χ4v) is 4.11. The molecule has 5 heteroatoms. The summed E-state index contributed by atoms with van der Waals surface area (Å²) < 4.78 is 24.7. The number of nitrogens with one attached hydrogen (secondary N) is 1. The first-order chi connectivity index (χ1) is 12.5. The topological polar surface area (TPSA) is 63.2 Å². The molecular weight excluding hydrogens is 346 g/mol. The Labute approximate surface area is 153 Å². The zero-order chi connectivity index (χ0) is 18.4. The van der Waals surface area contributed by atoms with Crippen molar-refractivity contribution in [1.82, 2.24) is 0 Å². The van der Waals surface area contributed by atoms with E-state index >= 15 is 0 Å². The van der Waals surface area contributed by atoms with Crippen LogP contribution in [0.15, 0.2) is 84.9 Å². The smallest absolute Gasteiger partial charge is 0.255 e. The molecule has 0 aliphatic carbocycles.